The minimum Gasteiger partial charge on any atom is -0.347 e. The van der Waals surface area contributed by atoms with Crippen LogP contribution in [0.3, 0.4) is 0 Å². The van der Waals surface area contributed by atoms with Gasteiger partial charge in [-0.1, -0.05) is 6.07 Å². The molecule has 8 heteroatoms. The van der Waals surface area contributed by atoms with Gasteiger partial charge in [0.1, 0.15) is 29.2 Å². The van der Waals surface area contributed by atoms with E-state index in [0.717, 1.165) is 23.1 Å². The fourth-order valence-electron chi connectivity index (χ4n) is 2.78. The number of aromatic nitrogens is 2. The Kier molecular flexibility index (Phi) is 4.06. The summed E-state index contributed by atoms with van der Waals surface area (Å²) in [6.07, 6.45) is -0.343. The van der Waals surface area contributed by atoms with Gasteiger partial charge in [0, 0.05) is 12.1 Å². The number of carbonyl (C=O) groups is 1. The smallest absolute Gasteiger partial charge is 0.269 e. The van der Waals surface area contributed by atoms with Gasteiger partial charge in [0.15, 0.2) is 0 Å². The Morgan fingerprint density at radius 1 is 1.32 bits per heavy atom. The summed E-state index contributed by atoms with van der Waals surface area (Å²) in [6, 6.07) is 8.92. The second kappa shape index (κ2) is 6.38. The molecule has 1 amide bonds. The Labute approximate surface area is 146 Å². The van der Waals surface area contributed by atoms with E-state index in [4.69, 9.17) is 0 Å². The first-order valence-corrected chi connectivity index (χ1v) is 8.59. The second-order valence-corrected chi connectivity index (χ2v) is 6.63. The monoisotopic (exact) mass is 360 g/mol. The third kappa shape index (κ3) is 3.06. The summed E-state index contributed by atoms with van der Waals surface area (Å²) in [5, 5.41) is 12.4. The summed E-state index contributed by atoms with van der Waals surface area (Å²) in [5.74, 6) is -1.17. The highest BCUT2D eigenvalue weighted by molar-refractivity contribution is 7.13. The van der Waals surface area contributed by atoms with Crippen molar-refractivity contribution in [3.05, 3.63) is 64.7 Å². The van der Waals surface area contributed by atoms with Gasteiger partial charge >= 0.3 is 0 Å². The van der Waals surface area contributed by atoms with Crippen LogP contribution < -0.4 is 10.6 Å². The number of hydrogen-bond acceptors (Lipinski definition) is 4. The molecular formula is C17H14F2N4OS. The van der Waals surface area contributed by atoms with Gasteiger partial charge in [0.25, 0.3) is 5.91 Å². The van der Waals surface area contributed by atoms with E-state index in [1.54, 1.807) is 10.7 Å². The summed E-state index contributed by atoms with van der Waals surface area (Å²) in [4.78, 5) is 13.0. The number of rotatable bonds is 4. The molecule has 25 heavy (non-hydrogen) atoms. The number of halogens is 2. The summed E-state index contributed by atoms with van der Waals surface area (Å²) < 4.78 is 28.7. The topological polar surface area (TPSA) is 59.0 Å². The molecule has 3 aromatic rings. The van der Waals surface area contributed by atoms with E-state index in [1.165, 1.54) is 11.3 Å². The maximum Gasteiger partial charge on any atom is 0.269 e. The summed E-state index contributed by atoms with van der Waals surface area (Å²) in [5.41, 5.74) is 1.38. The lowest BCUT2D eigenvalue weighted by Gasteiger charge is -2.25. The van der Waals surface area contributed by atoms with Crippen LogP contribution in [-0.4, -0.2) is 22.2 Å². The van der Waals surface area contributed by atoms with E-state index < -0.39 is 11.6 Å². The van der Waals surface area contributed by atoms with Crippen LogP contribution in [0.25, 0.3) is 10.6 Å². The molecule has 128 valence electrons. The van der Waals surface area contributed by atoms with Crippen molar-refractivity contribution in [2.45, 2.75) is 12.7 Å². The highest BCUT2D eigenvalue weighted by Crippen LogP contribution is 2.26. The number of carbonyl (C=O) groups excluding carboxylic acids is 1. The fourth-order valence-corrected chi connectivity index (χ4v) is 3.46. The maximum atomic E-state index is 13.8. The lowest BCUT2D eigenvalue weighted by Crippen LogP contribution is -2.45. The van der Waals surface area contributed by atoms with Crippen molar-refractivity contribution in [1.29, 1.82) is 0 Å². The average molecular weight is 360 g/mol. The molecule has 3 heterocycles. The van der Waals surface area contributed by atoms with Crippen molar-refractivity contribution in [3.8, 4) is 10.6 Å². The van der Waals surface area contributed by atoms with Crippen LogP contribution in [0.4, 0.5) is 8.78 Å². The molecule has 0 radical (unpaired) electrons. The quantitative estimate of drug-likeness (QED) is 0.752. The number of fused-ring (bicyclic) bond motifs is 1. The van der Waals surface area contributed by atoms with Crippen molar-refractivity contribution < 1.29 is 13.6 Å². The Balaban J connectivity index is 1.59. The number of nitrogens with zero attached hydrogens (tertiary/aromatic N) is 2. The Morgan fingerprint density at radius 2 is 2.20 bits per heavy atom. The highest BCUT2D eigenvalue weighted by Gasteiger charge is 2.27. The van der Waals surface area contributed by atoms with Crippen LogP contribution in [0.1, 0.15) is 22.2 Å². The Hall–Kier alpha value is -2.58. The highest BCUT2D eigenvalue weighted by atomic mass is 32.1. The molecule has 4 rings (SSSR count). The van der Waals surface area contributed by atoms with Crippen LogP contribution in [0.15, 0.2) is 41.8 Å². The predicted molar refractivity (Wildman–Crippen MR) is 90.1 cm³/mol. The van der Waals surface area contributed by atoms with Gasteiger partial charge in [0.2, 0.25) is 0 Å². The van der Waals surface area contributed by atoms with Gasteiger partial charge in [-0.2, -0.15) is 5.10 Å². The number of nitrogens with one attached hydrogen (secondary N) is 2. The third-order valence-corrected chi connectivity index (χ3v) is 4.92. The van der Waals surface area contributed by atoms with Crippen LogP contribution in [-0.2, 0) is 6.54 Å². The molecule has 1 aromatic carbocycles. The van der Waals surface area contributed by atoms with E-state index in [0.29, 0.717) is 17.9 Å². The summed E-state index contributed by atoms with van der Waals surface area (Å²) in [6.45, 7) is 0.437. The molecule has 2 aromatic heterocycles. The average Bonchev–Trinajstić information content (AvgIpc) is 3.26. The molecule has 1 aliphatic rings. The fraction of sp³-hybridized carbons (Fsp3) is 0.176. The van der Waals surface area contributed by atoms with E-state index in [1.807, 2.05) is 17.5 Å². The van der Waals surface area contributed by atoms with Crippen LogP contribution in [0.2, 0.25) is 0 Å². The SMILES string of the molecule is O=C1NCC(NCc2cc(F)ccc2F)n2nc(-c3cccs3)cc21. The van der Waals surface area contributed by atoms with Gasteiger partial charge in [-0.25, -0.2) is 13.5 Å². The van der Waals surface area contributed by atoms with E-state index in [2.05, 4.69) is 15.7 Å². The largest absolute Gasteiger partial charge is 0.347 e. The zero-order chi connectivity index (χ0) is 17.4. The standard InChI is InChI=1S/C17H14F2N4OS/c18-11-3-4-12(19)10(6-11)8-20-16-9-21-17(24)14-7-13(22-23(14)16)15-2-1-5-25-15/h1-7,16,20H,8-9H2,(H,21,24). The van der Waals surface area contributed by atoms with Gasteiger partial charge in [0.05, 0.1) is 11.4 Å². The van der Waals surface area contributed by atoms with Crippen LogP contribution in [0.5, 0.6) is 0 Å². The van der Waals surface area contributed by atoms with E-state index >= 15 is 0 Å². The minimum atomic E-state index is -0.491. The van der Waals surface area contributed by atoms with Crippen LogP contribution in [0, 0.1) is 11.6 Å². The van der Waals surface area contributed by atoms with E-state index in [9.17, 15) is 13.6 Å². The van der Waals surface area contributed by atoms with Crippen molar-refractivity contribution in [1.82, 2.24) is 20.4 Å². The number of amides is 1. The zero-order valence-electron chi connectivity index (χ0n) is 13.0. The molecular weight excluding hydrogens is 346 g/mol. The minimum absolute atomic E-state index is 0.123. The number of benzene rings is 1. The van der Waals surface area contributed by atoms with Gasteiger partial charge < -0.3 is 5.32 Å². The molecule has 1 aliphatic heterocycles. The molecule has 0 saturated heterocycles. The lowest BCUT2D eigenvalue weighted by atomic mass is 10.2. The maximum absolute atomic E-state index is 13.8. The third-order valence-electron chi connectivity index (χ3n) is 4.03. The van der Waals surface area contributed by atoms with Crippen molar-refractivity contribution in [2.75, 3.05) is 6.54 Å². The second-order valence-electron chi connectivity index (χ2n) is 5.68. The normalized spacial score (nSPS) is 16.6. The van der Waals surface area contributed by atoms with Gasteiger partial charge in [-0.05, 0) is 35.7 Å². The molecule has 1 atom stereocenters. The molecule has 5 nitrogen and oxygen atoms in total. The van der Waals surface area contributed by atoms with Crippen molar-refractivity contribution >= 4 is 17.2 Å². The van der Waals surface area contributed by atoms with Gasteiger partial charge in [-0.15, -0.1) is 11.3 Å². The Bertz CT molecular complexity index is 923. The first-order chi connectivity index (χ1) is 12.1. The zero-order valence-corrected chi connectivity index (χ0v) is 13.8. The van der Waals surface area contributed by atoms with Crippen molar-refractivity contribution in [3.63, 3.8) is 0 Å². The molecule has 0 bridgehead atoms. The van der Waals surface area contributed by atoms with Crippen LogP contribution >= 0.6 is 11.3 Å². The molecule has 1 unspecified atom stereocenters. The predicted octanol–water partition coefficient (Wildman–Crippen LogP) is 2.92. The Morgan fingerprint density at radius 3 is 3.00 bits per heavy atom. The van der Waals surface area contributed by atoms with Gasteiger partial charge in [-0.3, -0.25) is 10.1 Å². The first-order valence-electron chi connectivity index (χ1n) is 7.71. The molecule has 0 aliphatic carbocycles. The number of hydrogen-bond donors (Lipinski definition) is 2. The number of thiophene rings is 1. The molecule has 0 spiro atoms. The summed E-state index contributed by atoms with van der Waals surface area (Å²) >= 11 is 1.54. The van der Waals surface area contributed by atoms with Crippen molar-refractivity contribution in [2.24, 2.45) is 0 Å². The van der Waals surface area contributed by atoms with E-state index in [-0.39, 0.29) is 24.2 Å². The molecule has 0 fully saturated rings. The lowest BCUT2D eigenvalue weighted by molar-refractivity contribution is 0.0900. The molecule has 2 N–H and O–H groups in total. The molecule has 0 saturated carbocycles. The summed E-state index contributed by atoms with van der Waals surface area (Å²) in [7, 11) is 0. The first kappa shape index (κ1) is 15.9.